The molecule has 5 rings (SSSR count). The maximum Gasteiger partial charge on any atom is 0.331 e. The molecule has 0 aliphatic heterocycles. The molecule has 3 saturated carbocycles. The Morgan fingerprint density at radius 2 is 1.69 bits per heavy atom. The summed E-state index contributed by atoms with van der Waals surface area (Å²) < 4.78 is 3.16. The molecule has 154 valence electrons. The van der Waals surface area contributed by atoms with Crippen LogP contribution in [-0.2, 0) is 17.9 Å². The first-order chi connectivity index (χ1) is 14.0. The maximum absolute atomic E-state index is 13.1. The Bertz CT molecular complexity index is 1080. The van der Waals surface area contributed by atoms with Crippen LogP contribution in [0.5, 0.6) is 0 Å². The highest BCUT2D eigenvalue weighted by atomic mass is 16.2. The lowest BCUT2D eigenvalue weighted by Crippen LogP contribution is -2.41. The smallest absolute Gasteiger partial charge is 0.327 e. The fourth-order valence-electron chi connectivity index (χ4n) is 4.51. The summed E-state index contributed by atoms with van der Waals surface area (Å²) in [5.41, 5.74) is 6.86. The van der Waals surface area contributed by atoms with E-state index in [2.05, 4.69) is 5.32 Å². The van der Waals surface area contributed by atoms with Crippen molar-refractivity contribution < 1.29 is 4.79 Å². The summed E-state index contributed by atoms with van der Waals surface area (Å²) in [5, 5.41) is 3.44. The van der Waals surface area contributed by atoms with Gasteiger partial charge in [-0.1, -0.05) is 6.42 Å². The molecule has 3 N–H and O–H groups in total. The highest BCUT2D eigenvalue weighted by Gasteiger charge is 2.31. The van der Waals surface area contributed by atoms with Crippen LogP contribution in [0.25, 0.3) is 10.9 Å². The van der Waals surface area contributed by atoms with Crippen molar-refractivity contribution in [2.45, 2.75) is 64.1 Å². The van der Waals surface area contributed by atoms with E-state index in [-0.39, 0.29) is 29.1 Å². The average molecular weight is 396 g/mol. The predicted molar refractivity (Wildman–Crippen MR) is 112 cm³/mol. The molecule has 3 fully saturated rings. The number of carbonyl (C=O) groups excluding carboxylic acids is 1. The fourth-order valence-corrected chi connectivity index (χ4v) is 4.51. The van der Waals surface area contributed by atoms with Gasteiger partial charge in [0.1, 0.15) is 0 Å². The second kappa shape index (κ2) is 7.13. The number of rotatable bonds is 6. The Hall–Kier alpha value is -2.41. The Kier molecular flexibility index (Phi) is 4.57. The largest absolute Gasteiger partial charge is 0.331 e. The highest BCUT2D eigenvalue weighted by Crippen LogP contribution is 2.32. The van der Waals surface area contributed by atoms with E-state index in [0.29, 0.717) is 41.5 Å². The van der Waals surface area contributed by atoms with E-state index in [9.17, 15) is 14.4 Å². The van der Waals surface area contributed by atoms with Gasteiger partial charge in [0, 0.05) is 24.8 Å². The number of nitrogens with one attached hydrogen (secondary N) is 1. The van der Waals surface area contributed by atoms with Crippen molar-refractivity contribution in [3.8, 4) is 0 Å². The second-order valence-electron chi connectivity index (χ2n) is 9.12. The minimum Gasteiger partial charge on any atom is -0.327 e. The summed E-state index contributed by atoms with van der Waals surface area (Å²) in [6.45, 7) is 1.15. The van der Waals surface area contributed by atoms with Gasteiger partial charge in [-0.3, -0.25) is 18.7 Å². The van der Waals surface area contributed by atoms with Gasteiger partial charge in [-0.25, -0.2) is 4.79 Å². The molecule has 0 bridgehead atoms. The molecule has 7 heteroatoms. The molecule has 3 aliphatic rings. The monoisotopic (exact) mass is 396 g/mol. The Labute approximate surface area is 168 Å². The van der Waals surface area contributed by atoms with Crippen molar-refractivity contribution in [3.05, 3.63) is 39.0 Å². The van der Waals surface area contributed by atoms with Crippen molar-refractivity contribution in [3.63, 3.8) is 0 Å². The molecule has 2 atom stereocenters. The molecule has 0 radical (unpaired) electrons. The van der Waals surface area contributed by atoms with Crippen LogP contribution >= 0.6 is 0 Å². The lowest BCUT2D eigenvalue weighted by atomic mass is 10.0. The van der Waals surface area contributed by atoms with Gasteiger partial charge in [0.15, 0.2) is 0 Å². The number of benzene rings is 1. The highest BCUT2D eigenvalue weighted by molar-refractivity contribution is 5.95. The van der Waals surface area contributed by atoms with Crippen LogP contribution in [0.15, 0.2) is 27.8 Å². The lowest BCUT2D eigenvalue weighted by molar-refractivity contribution is -0.120. The van der Waals surface area contributed by atoms with Gasteiger partial charge in [0.2, 0.25) is 5.91 Å². The van der Waals surface area contributed by atoms with Gasteiger partial charge in [0.05, 0.1) is 16.8 Å². The third-order valence-electron chi connectivity index (χ3n) is 6.67. The number of anilines is 1. The maximum atomic E-state index is 13.1. The van der Waals surface area contributed by atoms with Gasteiger partial charge in [-0.05, 0) is 68.6 Å². The Morgan fingerprint density at radius 1 is 1.00 bits per heavy atom. The first-order valence-electron chi connectivity index (χ1n) is 10.8. The van der Waals surface area contributed by atoms with Gasteiger partial charge in [0.25, 0.3) is 5.56 Å². The molecule has 29 heavy (non-hydrogen) atoms. The minimum absolute atomic E-state index is 0.0843. The van der Waals surface area contributed by atoms with Gasteiger partial charge in [-0.15, -0.1) is 0 Å². The zero-order chi connectivity index (χ0) is 20.1. The van der Waals surface area contributed by atoms with Crippen LogP contribution in [0.4, 0.5) is 5.69 Å². The van der Waals surface area contributed by atoms with E-state index in [1.165, 1.54) is 4.57 Å². The van der Waals surface area contributed by atoms with Gasteiger partial charge < -0.3 is 11.1 Å². The number of nitrogens with two attached hydrogens (primary N) is 1. The number of carbonyl (C=O) groups is 1. The molecule has 2 aromatic rings. The van der Waals surface area contributed by atoms with E-state index < -0.39 is 0 Å². The van der Waals surface area contributed by atoms with Crippen molar-refractivity contribution in [2.75, 3.05) is 5.32 Å². The molecule has 0 unspecified atom stereocenters. The molecular formula is C22H28N4O3. The summed E-state index contributed by atoms with van der Waals surface area (Å²) in [7, 11) is 0. The van der Waals surface area contributed by atoms with Crippen molar-refractivity contribution >= 4 is 22.5 Å². The predicted octanol–water partition coefficient (Wildman–Crippen LogP) is 2.05. The number of hydrogen-bond donors (Lipinski definition) is 2. The summed E-state index contributed by atoms with van der Waals surface area (Å²) in [6.07, 6.45) is 7.05. The summed E-state index contributed by atoms with van der Waals surface area (Å²) >= 11 is 0. The number of aromatic nitrogens is 2. The molecule has 1 aromatic heterocycles. The summed E-state index contributed by atoms with van der Waals surface area (Å²) in [5.74, 6) is 0.685. The van der Waals surface area contributed by atoms with Crippen molar-refractivity contribution in [1.82, 2.24) is 9.13 Å². The van der Waals surface area contributed by atoms with Gasteiger partial charge >= 0.3 is 5.69 Å². The zero-order valence-electron chi connectivity index (χ0n) is 16.6. The SMILES string of the molecule is N[C@H]1CCC[C@H]1C(=O)Nc1ccc2c(c1)c(=O)n(CC1CC1)c(=O)n2CC1CC1. The van der Waals surface area contributed by atoms with E-state index in [1.54, 1.807) is 22.8 Å². The average Bonchev–Trinajstić information content (AvgIpc) is 3.63. The van der Waals surface area contributed by atoms with Crippen molar-refractivity contribution in [2.24, 2.45) is 23.5 Å². The van der Waals surface area contributed by atoms with Gasteiger partial charge in [-0.2, -0.15) is 0 Å². The minimum atomic E-state index is -0.252. The lowest BCUT2D eigenvalue weighted by Gasteiger charge is -2.17. The molecule has 0 saturated heterocycles. The molecule has 0 spiro atoms. The molecule has 3 aliphatic carbocycles. The van der Waals surface area contributed by atoms with Crippen LogP contribution in [0.1, 0.15) is 44.9 Å². The number of hydrogen-bond acceptors (Lipinski definition) is 4. The zero-order valence-corrected chi connectivity index (χ0v) is 16.6. The third kappa shape index (κ3) is 3.64. The van der Waals surface area contributed by atoms with Crippen LogP contribution in [0, 0.1) is 17.8 Å². The number of fused-ring (bicyclic) bond motifs is 1. The topological polar surface area (TPSA) is 99.1 Å². The Morgan fingerprint density at radius 3 is 2.31 bits per heavy atom. The molecule has 1 heterocycles. The number of nitrogens with zero attached hydrogens (tertiary/aromatic N) is 2. The number of amides is 1. The van der Waals surface area contributed by atoms with E-state index >= 15 is 0 Å². The normalized spacial score (nSPS) is 24.2. The standard InChI is InChI=1S/C22H28N4O3/c23-18-3-1-2-16(18)20(27)24-15-8-9-19-17(10-15)21(28)26(12-14-6-7-14)22(29)25(19)11-13-4-5-13/h8-10,13-14,16,18H,1-7,11-12,23H2,(H,24,27)/t16-,18+/m1/s1. The first kappa shape index (κ1) is 18.6. The summed E-state index contributed by atoms with van der Waals surface area (Å²) in [6, 6.07) is 5.21. The van der Waals surface area contributed by atoms with Crippen LogP contribution in [0.2, 0.25) is 0 Å². The molecule has 7 nitrogen and oxygen atoms in total. The van der Waals surface area contributed by atoms with E-state index in [4.69, 9.17) is 5.73 Å². The van der Waals surface area contributed by atoms with E-state index in [0.717, 1.165) is 44.9 Å². The summed E-state index contributed by atoms with van der Waals surface area (Å²) in [4.78, 5) is 38.8. The Balaban J connectivity index is 1.54. The second-order valence-corrected chi connectivity index (χ2v) is 9.12. The van der Waals surface area contributed by atoms with Crippen LogP contribution in [-0.4, -0.2) is 21.1 Å². The fraction of sp³-hybridized carbons (Fsp3) is 0.591. The molecule has 1 aromatic carbocycles. The van der Waals surface area contributed by atoms with Crippen LogP contribution in [0.3, 0.4) is 0 Å². The first-order valence-corrected chi connectivity index (χ1v) is 10.8. The van der Waals surface area contributed by atoms with E-state index in [1.807, 2.05) is 0 Å². The third-order valence-corrected chi connectivity index (χ3v) is 6.67. The molecule has 1 amide bonds. The molecular weight excluding hydrogens is 368 g/mol. The van der Waals surface area contributed by atoms with Crippen LogP contribution < -0.4 is 22.3 Å². The quantitative estimate of drug-likeness (QED) is 0.781. The van der Waals surface area contributed by atoms with Crippen molar-refractivity contribution in [1.29, 1.82) is 0 Å².